The van der Waals surface area contributed by atoms with Crippen LogP contribution in [-0.2, 0) is 42.8 Å². The van der Waals surface area contributed by atoms with Crippen LogP contribution in [0.2, 0.25) is 10.0 Å². The molecule has 1 aromatic rings. The van der Waals surface area contributed by atoms with Gasteiger partial charge in [-0.15, -0.1) is 0 Å². The standard InChI is InChI=1S/C6H4Cl2O3S.C2H6.Y/c7-4-1-2-5(8)6(3-4)12(9,10)11;1-2;/h1-3H,(H,9,10,11);1-2H3;. The van der Waals surface area contributed by atoms with E-state index in [4.69, 9.17) is 27.8 Å². The maximum absolute atomic E-state index is 10.6. The van der Waals surface area contributed by atoms with Crippen molar-refractivity contribution in [2.45, 2.75) is 18.7 Å². The fraction of sp³-hybridized carbons (Fsp3) is 0.250. The second kappa shape index (κ2) is 7.99. The van der Waals surface area contributed by atoms with Crippen molar-refractivity contribution in [3.05, 3.63) is 28.2 Å². The Morgan fingerprint density at radius 3 is 2.00 bits per heavy atom. The molecule has 1 rings (SSSR count). The molecule has 0 aliphatic carbocycles. The van der Waals surface area contributed by atoms with E-state index in [-0.39, 0.29) is 47.6 Å². The van der Waals surface area contributed by atoms with Crippen molar-refractivity contribution in [3.63, 3.8) is 0 Å². The van der Waals surface area contributed by atoms with Gasteiger partial charge < -0.3 is 0 Å². The molecule has 0 bridgehead atoms. The molecule has 1 radical (unpaired) electrons. The SMILES string of the molecule is CC.O=S(=O)(O)c1cc(Cl)ccc1Cl.[Y]. The molecule has 0 aromatic heterocycles. The largest absolute Gasteiger partial charge is 0.296 e. The van der Waals surface area contributed by atoms with Crippen LogP contribution in [0.15, 0.2) is 23.1 Å². The second-order valence-corrected chi connectivity index (χ2v) is 4.28. The first-order valence-corrected chi connectivity index (χ1v) is 6.03. The molecule has 15 heavy (non-hydrogen) atoms. The van der Waals surface area contributed by atoms with Crippen molar-refractivity contribution in [1.82, 2.24) is 0 Å². The van der Waals surface area contributed by atoms with E-state index in [0.29, 0.717) is 0 Å². The van der Waals surface area contributed by atoms with Crippen molar-refractivity contribution in [3.8, 4) is 0 Å². The van der Waals surface area contributed by atoms with Gasteiger partial charge in [0.1, 0.15) is 4.90 Å². The Kier molecular flexibility index (Phi) is 9.68. The minimum atomic E-state index is -4.27. The monoisotopic (exact) mass is 345 g/mol. The van der Waals surface area contributed by atoms with E-state index in [2.05, 4.69) is 0 Å². The van der Waals surface area contributed by atoms with E-state index < -0.39 is 10.1 Å². The van der Waals surface area contributed by atoms with Crippen LogP contribution >= 0.6 is 23.2 Å². The van der Waals surface area contributed by atoms with Gasteiger partial charge in [0, 0.05) is 37.7 Å². The van der Waals surface area contributed by atoms with Crippen LogP contribution < -0.4 is 0 Å². The Balaban J connectivity index is 0. The molecule has 1 aromatic carbocycles. The van der Waals surface area contributed by atoms with Crippen molar-refractivity contribution < 1.29 is 45.7 Å². The van der Waals surface area contributed by atoms with Gasteiger partial charge in [0.2, 0.25) is 0 Å². The first-order chi connectivity index (χ1) is 6.41. The first-order valence-electron chi connectivity index (χ1n) is 3.84. The van der Waals surface area contributed by atoms with Crippen LogP contribution in [-0.4, -0.2) is 13.0 Å². The molecule has 3 nitrogen and oxygen atoms in total. The summed E-state index contributed by atoms with van der Waals surface area (Å²) in [5.74, 6) is 0. The Morgan fingerprint density at radius 1 is 1.20 bits per heavy atom. The van der Waals surface area contributed by atoms with E-state index in [1.54, 1.807) is 0 Å². The number of halogens is 2. The molecule has 83 valence electrons. The summed E-state index contributed by atoms with van der Waals surface area (Å²) in [6.45, 7) is 4.00. The molecule has 0 aliphatic heterocycles. The molecule has 0 saturated carbocycles. The topological polar surface area (TPSA) is 54.4 Å². The molecule has 0 unspecified atom stereocenters. The van der Waals surface area contributed by atoms with Crippen LogP contribution in [0, 0.1) is 0 Å². The number of benzene rings is 1. The summed E-state index contributed by atoms with van der Waals surface area (Å²) < 4.78 is 29.9. The molecule has 0 atom stereocenters. The van der Waals surface area contributed by atoms with Gasteiger partial charge in [-0.25, -0.2) is 0 Å². The van der Waals surface area contributed by atoms with E-state index in [9.17, 15) is 8.42 Å². The van der Waals surface area contributed by atoms with E-state index in [1.165, 1.54) is 12.1 Å². The van der Waals surface area contributed by atoms with Crippen LogP contribution in [0.4, 0.5) is 0 Å². The normalized spacial score (nSPS) is 9.67. The van der Waals surface area contributed by atoms with Gasteiger partial charge in [-0.1, -0.05) is 37.0 Å². The maximum Gasteiger partial charge on any atom is 0.296 e. The average molecular weight is 346 g/mol. The Labute approximate surface area is 125 Å². The van der Waals surface area contributed by atoms with E-state index in [1.807, 2.05) is 13.8 Å². The third kappa shape index (κ3) is 6.20. The molecule has 0 saturated heterocycles. The van der Waals surface area contributed by atoms with Crippen LogP contribution in [0.25, 0.3) is 0 Å². The minimum absolute atomic E-state index is 0. The van der Waals surface area contributed by atoms with E-state index >= 15 is 0 Å². The number of rotatable bonds is 1. The molecular weight excluding hydrogens is 336 g/mol. The predicted molar refractivity (Wildman–Crippen MR) is 57.6 cm³/mol. The summed E-state index contributed by atoms with van der Waals surface area (Å²) in [4.78, 5) is -0.378. The summed E-state index contributed by atoms with van der Waals surface area (Å²) in [6.07, 6.45) is 0. The fourth-order valence-corrected chi connectivity index (χ4v) is 1.91. The Morgan fingerprint density at radius 2 is 1.67 bits per heavy atom. The van der Waals surface area contributed by atoms with Gasteiger partial charge in [0.15, 0.2) is 0 Å². The molecule has 0 spiro atoms. The van der Waals surface area contributed by atoms with Crippen LogP contribution in [0.3, 0.4) is 0 Å². The zero-order valence-electron chi connectivity index (χ0n) is 8.24. The first kappa shape index (κ1) is 18.2. The third-order valence-corrected chi connectivity index (χ3v) is 2.74. The molecule has 1 N–H and O–H groups in total. The van der Waals surface area contributed by atoms with E-state index in [0.717, 1.165) is 6.07 Å². The molecule has 7 heteroatoms. The second-order valence-electron chi connectivity index (χ2n) is 2.05. The Hall–Kier alpha value is 0.814. The number of hydrogen-bond donors (Lipinski definition) is 1. The van der Waals surface area contributed by atoms with Crippen LogP contribution in [0.1, 0.15) is 13.8 Å². The summed E-state index contributed by atoms with van der Waals surface area (Å²) >= 11 is 11.0. The summed E-state index contributed by atoms with van der Waals surface area (Å²) in [6, 6.07) is 3.81. The van der Waals surface area contributed by atoms with Gasteiger partial charge in [-0.3, -0.25) is 4.55 Å². The quantitative estimate of drug-likeness (QED) is 0.795. The third-order valence-electron chi connectivity index (χ3n) is 1.17. The van der Waals surface area contributed by atoms with Gasteiger partial charge >= 0.3 is 0 Å². The smallest absolute Gasteiger partial charge is 0.282 e. The molecule has 0 fully saturated rings. The Bertz CT molecular complexity index is 406. The maximum atomic E-state index is 10.6. The molecule has 0 amide bonds. The minimum Gasteiger partial charge on any atom is -0.282 e. The van der Waals surface area contributed by atoms with Gasteiger partial charge in [-0.2, -0.15) is 8.42 Å². The van der Waals surface area contributed by atoms with Gasteiger partial charge in [-0.05, 0) is 18.2 Å². The van der Waals surface area contributed by atoms with Crippen LogP contribution in [0.5, 0.6) is 0 Å². The predicted octanol–water partition coefficient (Wildman–Crippen LogP) is 3.26. The zero-order chi connectivity index (χ0) is 11.4. The zero-order valence-corrected chi connectivity index (χ0v) is 13.4. The molecular formula is C8H10Cl2O3SY. The van der Waals surface area contributed by atoms with Gasteiger partial charge in [0.25, 0.3) is 10.1 Å². The van der Waals surface area contributed by atoms with Crippen molar-refractivity contribution >= 4 is 33.3 Å². The average Bonchev–Trinajstić information content (AvgIpc) is 2.11. The molecule has 0 aliphatic rings. The fourth-order valence-electron chi connectivity index (χ4n) is 0.675. The summed E-state index contributed by atoms with van der Waals surface area (Å²) in [5.41, 5.74) is 0. The van der Waals surface area contributed by atoms with Crippen molar-refractivity contribution in [2.24, 2.45) is 0 Å². The van der Waals surface area contributed by atoms with Crippen molar-refractivity contribution in [2.75, 3.05) is 0 Å². The van der Waals surface area contributed by atoms with Gasteiger partial charge in [0.05, 0.1) is 5.02 Å². The summed E-state index contributed by atoms with van der Waals surface area (Å²) in [5, 5.41) is 0.147. The molecule has 0 heterocycles. The van der Waals surface area contributed by atoms with Crippen molar-refractivity contribution in [1.29, 1.82) is 0 Å². The number of hydrogen-bond acceptors (Lipinski definition) is 2. The summed E-state index contributed by atoms with van der Waals surface area (Å²) in [7, 11) is -4.27.